The van der Waals surface area contributed by atoms with Gasteiger partial charge in [0.05, 0.1) is 6.61 Å². The summed E-state index contributed by atoms with van der Waals surface area (Å²) >= 11 is 9.29. The third-order valence-electron chi connectivity index (χ3n) is 4.60. The summed E-state index contributed by atoms with van der Waals surface area (Å²) in [5, 5.41) is 3.53. The van der Waals surface area contributed by atoms with Crippen molar-refractivity contribution < 1.29 is 14.3 Å². The standard InChI is InChI=1S/C23H28BrClN2O3/c1-3-14-26-23(29)17(2)27(16-18-6-8-19(24)9-7-18)22(28)5-4-15-30-21-12-10-20(25)11-13-21/h6-13,17H,3-5,14-16H2,1-2H3,(H,26,29)/t17-/m0/s1. The van der Waals surface area contributed by atoms with Crippen molar-refractivity contribution in [3.8, 4) is 5.75 Å². The van der Waals surface area contributed by atoms with E-state index in [1.807, 2.05) is 31.2 Å². The predicted octanol–water partition coefficient (Wildman–Crippen LogP) is 5.21. The number of carbonyl (C=O) groups is 2. The SMILES string of the molecule is CCCNC(=O)[C@H](C)N(Cc1ccc(Br)cc1)C(=O)CCCOc1ccc(Cl)cc1. The summed E-state index contributed by atoms with van der Waals surface area (Å²) in [4.78, 5) is 27.1. The molecule has 0 aliphatic rings. The normalized spacial score (nSPS) is 11.6. The van der Waals surface area contributed by atoms with Crippen LogP contribution in [-0.2, 0) is 16.1 Å². The number of benzene rings is 2. The first-order chi connectivity index (χ1) is 14.4. The Morgan fingerprint density at radius 2 is 1.80 bits per heavy atom. The van der Waals surface area contributed by atoms with E-state index < -0.39 is 6.04 Å². The van der Waals surface area contributed by atoms with Crippen LogP contribution in [0, 0.1) is 0 Å². The molecule has 0 aliphatic carbocycles. The molecule has 1 atom stereocenters. The summed E-state index contributed by atoms with van der Waals surface area (Å²) in [6.07, 6.45) is 1.71. The molecule has 5 nitrogen and oxygen atoms in total. The number of nitrogens with zero attached hydrogens (tertiary/aromatic N) is 1. The van der Waals surface area contributed by atoms with Gasteiger partial charge in [-0.25, -0.2) is 0 Å². The number of nitrogens with one attached hydrogen (secondary N) is 1. The summed E-state index contributed by atoms with van der Waals surface area (Å²) < 4.78 is 6.64. The molecule has 0 aliphatic heterocycles. The molecule has 0 spiro atoms. The van der Waals surface area contributed by atoms with Gasteiger partial charge < -0.3 is 15.0 Å². The first-order valence-corrected chi connectivity index (χ1v) is 11.3. The molecule has 0 heterocycles. The average molecular weight is 496 g/mol. The summed E-state index contributed by atoms with van der Waals surface area (Å²) in [7, 11) is 0. The Morgan fingerprint density at radius 3 is 2.43 bits per heavy atom. The fourth-order valence-electron chi connectivity index (χ4n) is 2.85. The number of hydrogen-bond acceptors (Lipinski definition) is 3. The lowest BCUT2D eigenvalue weighted by molar-refractivity contribution is -0.140. The molecule has 2 aromatic rings. The second-order valence-electron chi connectivity index (χ2n) is 7.02. The van der Waals surface area contributed by atoms with Crippen LogP contribution in [0.25, 0.3) is 0 Å². The molecule has 0 saturated heterocycles. The van der Waals surface area contributed by atoms with Crippen LogP contribution in [0.4, 0.5) is 0 Å². The van der Waals surface area contributed by atoms with Crippen LogP contribution in [0.15, 0.2) is 53.0 Å². The molecule has 0 saturated carbocycles. The largest absolute Gasteiger partial charge is 0.494 e. The third-order valence-corrected chi connectivity index (χ3v) is 5.38. The third kappa shape index (κ3) is 8.00. The maximum atomic E-state index is 13.0. The van der Waals surface area contributed by atoms with E-state index in [-0.39, 0.29) is 11.8 Å². The summed E-state index contributed by atoms with van der Waals surface area (Å²) in [6.45, 7) is 5.15. The lowest BCUT2D eigenvalue weighted by Crippen LogP contribution is -2.47. The van der Waals surface area contributed by atoms with Gasteiger partial charge in [-0.2, -0.15) is 0 Å². The Balaban J connectivity index is 1.96. The monoisotopic (exact) mass is 494 g/mol. The first-order valence-electron chi connectivity index (χ1n) is 10.1. The minimum atomic E-state index is -0.551. The van der Waals surface area contributed by atoms with Crippen molar-refractivity contribution in [2.45, 2.75) is 45.7 Å². The number of hydrogen-bond donors (Lipinski definition) is 1. The van der Waals surface area contributed by atoms with Crippen molar-refractivity contribution in [1.82, 2.24) is 10.2 Å². The van der Waals surface area contributed by atoms with Gasteiger partial charge in [0.1, 0.15) is 11.8 Å². The topological polar surface area (TPSA) is 58.6 Å². The minimum absolute atomic E-state index is 0.0724. The van der Waals surface area contributed by atoms with Crippen LogP contribution in [0.1, 0.15) is 38.7 Å². The van der Waals surface area contributed by atoms with Gasteiger partial charge >= 0.3 is 0 Å². The van der Waals surface area contributed by atoms with Crippen LogP contribution in [-0.4, -0.2) is 35.9 Å². The molecule has 0 unspecified atom stereocenters. The average Bonchev–Trinajstić information content (AvgIpc) is 2.75. The Bertz CT molecular complexity index is 812. The molecular weight excluding hydrogens is 468 g/mol. The molecule has 162 valence electrons. The van der Waals surface area contributed by atoms with Gasteiger partial charge in [0.25, 0.3) is 0 Å². The summed E-state index contributed by atoms with van der Waals surface area (Å²) in [5.41, 5.74) is 0.971. The summed E-state index contributed by atoms with van der Waals surface area (Å²) in [5.74, 6) is 0.502. The summed E-state index contributed by atoms with van der Waals surface area (Å²) in [6, 6.07) is 14.3. The van der Waals surface area contributed by atoms with E-state index in [1.165, 1.54) is 0 Å². The van der Waals surface area contributed by atoms with E-state index in [4.69, 9.17) is 16.3 Å². The van der Waals surface area contributed by atoms with E-state index in [0.717, 1.165) is 16.5 Å². The maximum absolute atomic E-state index is 13.0. The molecule has 0 fully saturated rings. The number of carbonyl (C=O) groups excluding carboxylic acids is 2. The maximum Gasteiger partial charge on any atom is 0.242 e. The van der Waals surface area contributed by atoms with E-state index in [0.29, 0.717) is 43.3 Å². The van der Waals surface area contributed by atoms with Gasteiger partial charge in [-0.1, -0.05) is 46.6 Å². The van der Waals surface area contributed by atoms with Crippen LogP contribution >= 0.6 is 27.5 Å². The van der Waals surface area contributed by atoms with E-state index >= 15 is 0 Å². The highest BCUT2D eigenvalue weighted by atomic mass is 79.9. The molecule has 7 heteroatoms. The fraction of sp³-hybridized carbons (Fsp3) is 0.391. The smallest absolute Gasteiger partial charge is 0.242 e. The van der Waals surface area contributed by atoms with E-state index in [1.54, 1.807) is 36.1 Å². The number of rotatable bonds is 11. The molecule has 1 N–H and O–H groups in total. The molecule has 0 radical (unpaired) electrons. The Labute approximate surface area is 191 Å². The van der Waals surface area contributed by atoms with Crippen molar-refractivity contribution in [2.75, 3.05) is 13.2 Å². The highest BCUT2D eigenvalue weighted by molar-refractivity contribution is 9.10. The van der Waals surface area contributed by atoms with Gasteiger partial charge in [0, 0.05) is 29.0 Å². The lowest BCUT2D eigenvalue weighted by Gasteiger charge is -2.29. The quantitative estimate of drug-likeness (QED) is 0.436. The molecular formula is C23H28BrClN2O3. The Hall–Kier alpha value is -2.05. The Kier molecular flexibility index (Phi) is 10.2. The molecule has 0 aromatic heterocycles. The zero-order valence-electron chi connectivity index (χ0n) is 17.4. The van der Waals surface area contributed by atoms with Crippen LogP contribution in [0.5, 0.6) is 5.75 Å². The first kappa shape index (κ1) is 24.2. The van der Waals surface area contributed by atoms with Crippen molar-refractivity contribution in [1.29, 1.82) is 0 Å². The van der Waals surface area contributed by atoms with E-state index in [9.17, 15) is 9.59 Å². The van der Waals surface area contributed by atoms with Crippen LogP contribution in [0.2, 0.25) is 5.02 Å². The minimum Gasteiger partial charge on any atom is -0.494 e. The van der Waals surface area contributed by atoms with Crippen molar-refractivity contribution in [2.24, 2.45) is 0 Å². The van der Waals surface area contributed by atoms with Crippen LogP contribution in [0.3, 0.4) is 0 Å². The van der Waals surface area contributed by atoms with Gasteiger partial charge in [0.2, 0.25) is 11.8 Å². The van der Waals surface area contributed by atoms with Gasteiger partial charge in [0.15, 0.2) is 0 Å². The van der Waals surface area contributed by atoms with Gasteiger partial charge in [-0.05, 0) is 61.7 Å². The van der Waals surface area contributed by atoms with Crippen molar-refractivity contribution >= 4 is 39.3 Å². The highest BCUT2D eigenvalue weighted by Gasteiger charge is 2.25. The predicted molar refractivity (Wildman–Crippen MR) is 124 cm³/mol. The molecule has 2 rings (SSSR count). The van der Waals surface area contributed by atoms with Gasteiger partial charge in [-0.15, -0.1) is 0 Å². The molecule has 0 bridgehead atoms. The number of ether oxygens (including phenoxy) is 1. The van der Waals surface area contributed by atoms with Crippen LogP contribution < -0.4 is 10.1 Å². The zero-order chi connectivity index (χ0) is 21.9. The number of halogens is 2. The Morgan fingerprint density at radius 1 is 1.13 bits per heavy atom. The zero-order valence-corrected chi connectivity index (χ0v) is 19.7. The second kappa shape index (κ2) is 12.6. The molecule has 2 aromatic carbocycles. The van der Waals surface area contributed by atoms with E-state index in [2.05, 4.69) is 21.2 Å². The van der Waals surface area contributed by atoms with Gasteiger partial charge in [-0.3, -0.25) is 9.59 Å². The van der Waals surface area contributed by atoms with Crippen molar-refractivity contribution in [3.05, 3.63) is 63.6 Å². The highest BCUT2D eigenvalue weighted by Crippen LogP contribution is 2.17. The second-order valence-corrected chi connectivity index (χ2v) is 8.37. The number of amides is 2. The fourth-order valence-corrected chi connectivity index (χ4v) is 3.24. The van der Waals surface area contributed by atoms with Crippen molar-refractivity contribution in [3.63, 3.8) is 0 Å². The molecule has 30 heavy (non-hydrogen) atoms. The lowest BCUT2D eigenvalue weighted by atomic mass is 10.1. The molecule has 2 amide bonds.